The molecule has 0 unspecified atom stereocenters. The molecule has 0 aliphatic rings. The number of nitrogens with one attached hydrogen (secondary N) is 1. The molecule has 6 nitrogen and oxygen atoms in total. The molecule has 1 rings (SSSR count). The molecular formula is C12H11N3O3. The Morgan fingerprint density at radius 2 is 2.17 bits per heavy atom. The minimum Gasteiger partial charge on any atom is -0.461 e. The van der Waals surface area contributed by atoms with Crippen LogP contribution in [-0.2, 0) is 14.3 Å². The van der Waals surface area contributed by atoms with E-state index in [1.807, 2.05) is 6.07 Å². The maximum absolute atomic E-state index is 11.2. The summed E-state index contributed by atoms with van der Waals surface area (Å²) in [6, 6.07) is 8.36. The molecule has 0 aliphatic carbocycles. The second-order valence-electron chi connectivity index (χ2n) is 3.14. The SMILES string of the molecule is CCOC(=O)/C(C=O)=N\Nc1ccc(C#N)cc1. The molecule has 0 aromatic heterocycles. The molecule has 0 saturated heterocycles. The van der Waals surface area contributed by atoms with Crippen molar-refractivity contribution in [1.82, 2.24) is 0 Å². The van der Waals surface area contributed by atoms with Gasteiger partial charge in [-0.1, -0.05) is 0 Å². The van der Waals surface area contributed by atoms with Crippen LogP contribution in [0.2, 0.25) is 0 Å². The van der Waals surface area contributed by atoms with E-state index in [4.69, 9.17) is 5.26 Å². The summed E-state index contributed by atoms with van der Waals surface area (Å²) in [6.07, 6.45) is 0.314. The number of anilines is 1. The lowest BCUT2D eigenvalue weighted by molar-refractivity contribution is -0.135. The van der Waals surface area contributed by atoms with Gasteiger partial charge in [-0.05, 0) is 31.2 Å². The van der Waals surface area contributed by atoms with Gasteiger partial charge in [-0.3, -0.25) is 10.2 Å². The Hall–Kier alpha value is -2.68. The molecule has 0 radical (unpaired) electrons. The van der Waals surface area contributed by atoms with Crippen LogP contribution < -0.4 is 5.43 Å². The zero-order chi connectivity index (χ0) is 13.4. The number of hydrogen-bond acceptors (Lipinski definition) is 6. The van der Waals surface area contributed by atoms with Crippen molar-refractivity contribution in [3.63, 3.8) is 0 Å². The lowest BCUT2D eigenvalue weighted by Gasteiger charge is -2.02. The second-order valence-corrected chi connectivity index (χ2v) is 3.14. The van der Waals surface area contributed by atoms with Gasteiger partial charge in [-0.25, -0.2) is 4.79 Å². The van der Waals surface area contributed by atoms with Gasteiger partial charge < -0.3 is 4.74 Å². The van der Waals surface area contributed by atoms with Crippen LogP contribution in [-0.4, -0.2) is 24.6 Å². The van der Waals surface area contributed by atoms with E-state index in [2.05, 4.69) is 15.3 Å². The Labute approximate surface area is 104 Å². The Kier molecular flexibility index (Phi) is 5.06. The highest BCUT2D eigenvalue weighted by Gasteiger charge is 2.11. The Morgan fingerprint density at radius 3 is 2.67 bits per heavy atom. The highest BCUT2D eigenvalue weighted by molar-refractivity contribution is 6.58. The maximum Gasteiger partial charge on any atom is 0.362 e. The average Bonchev–Trinajstić information content (AvgIpc) is 2.40. The molecule has 0 fully saturated rings. The van der Waals surface area contributed by atoms with E-state index in [0.717, 1.165) is 0 Å². The van der Waals surface area contributed by atoms with Crippen LogP contribution in [0.5, 0.6) is 0 Å². The Bertz CT molecular complexity index is 500. The maximum atomic E-state index is 11.2. The first kappa shape index (κ1) is 13.4. The monoisotopic (exact) mass is 245 g/mol. The van der Waals surface area contributed by atoms with Crippen molar-refractivity contribution < 1.29 is 14.3 Å². The fourth-order valence-corrected chi connectivity index (χ4v) is 1.07. The molecule has 18 heavy (non-hydrogen) atoms. The van der Waals surface area contributed by atoms with E-state index in [9.17, 15) is 9.59 Å². The number of aldehydes is 1. The predicted octanol–water partition coefficient (Wildman–Crippen LogP) is 1.09. The first-order valence-corrected chi connectivity index (χ1v) is 5.17. The Balaban J connectivity index is 2.73. The highest BCUT2D eigenvalue weighted by atomic mass is 16.5. The summed E-state index contributed by atoms with van der Waals surface area (Å²) in [6.45, 7) is 1.80. The van der Waals surface area contributed by atoms with Gasteiger partial charge in [0.15, 0.2) is 6.29 Å². The minimum absolute atomic E-state index is 0.169. The number of hydrogen-bond donors (Lipinski definition) is 1. The van der Waals surface area contributed by atoms with E-state index in [1.54, 1.807) is 31.2 Å². The molecule has 0 saturated carbocycles. The summed E-state index contributed by atoms with van der Waals surface area (Å²) in [5.74, 6) is -0.784. The predicted molar refractivity (Wildman–Crippen MR) is 64.9 cm³/mol. The zero-order valence-corrected chi connectivity index (χ0v) is 9.71. The molecule has 0 spiro atoms. The van der Waals surface area contributed by atoms with Crippen LogP contribution in [0.3, 0.4) is 0 Å². The number of benzene rings is 1. The molecule has 0 atom stereocenters. The van der Waals surface area contributed by atoms with Gasteiger partial charge in [0.25, 0.3) is 0 Å². The molecular weight excluding hydrogens is 234 g/mol. The lowest BCUT2D eigenvalue weighted by Crippen LogP contribution is -2.20. The van der Waals surface area contributed by atoms with Gasteiger partial charge in [0.05, 0.1) is 23.9 Å². The number of carbonyl (C=O) groups is 2. The molecule has 6 heteroatoms. The third-order valence-electron chi connectivity index (χ3n) is 1.92. The number of nitrogens with zero attached hydrogens (tertiary/aromatic N) is 2. The number of carbonyl (C=O) groups excluding carboxylic acids is 2. The van der Waals surface area contributed by atoms with Crippen molar-refractivity contribution in [3.8, 4) is 6.07 Å². The van der Waals surface area contributed by atoms with Crippen molar-refractivity contribution in [3.05, 3.63) is 29.8 Å². The van der Waals surface area contributed by atoms with Crippen molar-refractivity contribution in [1.29, 1.82) is 5.26 Å². The number of rotatable bonds is 5. The van der Waals surface area contributed by atoms with E-state index in [-0.39, 0.29) is 12.3 Å². The molecule has 92 valence electrons. The van der Waals surface area contributed by atoms with Gasteiger partial charge in [-0.15, -0.1) is 0 Å². The van der Waals surface area contributed by atoms with E-state index >= 15 is 0 Å². The third-order valence-corrected chi connectivity index (χ3v) is 1.92. The number of nitriles is 1. The molecule has 0 heterocycles. The minimum atomic E-state index is -0.784. The van der Waals surface area contributed by atoms with Gasteiger partial charge >= 0.3 is 5.97 Å². The second kappa shape index (κ2) is 6.81. The van der Waals surface area contributed by atoms with Crippen molar-refractivity contribution in [2.75, 3.05) is 12.0 Å². The molecule has 1 aromatic carbocycles. The van der Waals surface area contributed by atoms with Crippen LogP contribution in [0, 0.1) is 11.3 Å². The standard InChI is InChI=1S/C12H11N3O3/c1-2-18-12(17)11(8-16)15-14-10-5-3-9(7-13)4-6-10/h3-6,8,14H,2H2,1H3/b15-11-. The van der Waals surface area contributed by atoms with Crippen LogP contribution in [0.1, 0.15) is 12.5 Å². The first-order chi connectivity index (χ1) is 8.71. The summed E-state index contributed by atoms with van der Waals surface area (Å²) in [4.78, 5) is 21.9. The number of hydrazone groups is 1. The lowest BCUT2D eigenvalue weighted by atomic mass is 10.2. The van der Waals surface area contributed by atoms with Crippen LogP contribution in [0.4, 0.5) is 5.69 Å². The zero-order valence-electron chi connectivity index (χ0n) is 9.71. The molecule has 0 amide bonds. The molecule has 1 N–H and O–H groups in total. The largest absolute Gasteiger partial charge is 0.461 e. The van der Waals surface area contributed by atoms with Gasteiger partial charge in [-0.2, -0.15) is 10.4 Å². The summed E-state index contributed by atoms with van der Waals surface area (Å²) in [7, 11) is 0. The number of esters is 1. The summed E-state index contributed by atoms with van der Waals surface area (Å²) in [5.41, 5.74) is 3.25. The van der Waals surface area contributed by atoms with Crippen LogP contribution >= 0.6 is 0 Å². The smallest absolute Gasteiger partial charge is 0.362 e. The van der Waals surface area contributed by atoms with Crippen LogP contribution in [0.15, 0.2) is 29.4 Å². The van der Waals surface area contributed by atoms with E-state index in [0.29, 0.717) is 17.5 Å². The normalized spacial score (nSPS) is 10.3. The molecule has 0 aliphatic heterocycles. The molecule has 0 bridgehead atoms. The fraction of sp³-hybridized carbons (Fsp3) is 0.167. The topological polar surface area (TPSA) is 91.6 Å². The third kappa shape index (κ3) is 3.72. The Morgan fingerprint density at radius 1 is 1.50 bits per heavy atom. The van der Waals surface area contributed by atoms with Crippen LogP contribution in [0.25, 0.3) is 0 Å². The summed E-state index contributed by atoms with van der Waals surface area (Å²) >= 11 is 0. The quantitative estimate of drug-likeness (QED) is 0.275. The van der Waals surface area contributed by atoms with Gasteiger partial charge in [0.2, 0.25) is 5.71 Å². The van der Waals surface area contributed by atoms with E-state index in [1.165, 1.54) is 0 Å². The van der Waals surface area contributed by atoms with Crippen molar-refractivity contribution in [2.45, 2.75) is 6.92 Å². The van der Waals surface area contributed by atoms with Crippen molar-refractivity contribution >= 4 is 23.7 Å². The number of ether oxygens (including phenoxy) is 1. The summed E-state index contributed by atoms with van der Waals surface area (Å²) in [5, 5.41) is 12.2. The fourth-order valence-electron chi connectivity index (χ4n) is 1.07. The average molecular weight is 245 g/mol. The highest BCUT2D eigenvalue weighted by Crippen LogP contribution is 2.08. The van der Waals surface area contributed by atoms with Crippen molar-refractivity contribution in [2.24, 2.45) is 5.10 Å². The van der Waals surface area contributed by atoms with E-state index < -0.39 is 5.97 Å². The first-order valence-electron chi connectivity index (χ1n) is 5.17. The summed E-state index contributed by atoms with van der Waals surface area (Å²) < 4.78 is 4.64. The molecule has 1 aromatic rings. The van der Waals surface area contributed by atoms with Gasteiger partial charge in [0, 0.05) is 0 Å². The van der Waals surface area contributed by atoms with Gasteiger partial charge in [0.1, 0.15) is 0 Å².